The molecule has 0 saturated carbocycles. The van der Waals surface area contributed by atoms with Crippen molar-refractivity contribution in [2.24, 2.45) is 0 Å². The van der Waals surface area contributed by atoms with E-state index in [1.54, 1.807) is 13.2 Å². The molecule has 0 bridgehead atoms. The zero-order valence-electron chi connectivity index (χ0n) is 10.1. The van der Waals surface area contributed by atoms with Gasteiger partial charge < -0.3 is 9.47 Å². The molecular weight excluding hydrogens is 339 g/mol. The molecule has 5 heteroatoms. The van der Waals surface area contributed by atoms with E-state index in [-0.39, 0.29) is 11.5 Å². The zero-order valence-corrected chi connectivity index (χ0v) is 13.2. The SMILES string of the molecule is COc1c(Br)cc(Cl)cc1C(Cl)CC1CCCO1. The molecular formula is C13H15BrCl2O2. The predicted octanol–water partition coefficient (Wildman–Crippen LogP) is 4.96. The summed E-state index contributed by atoms with van der Waals surface area (Å²) in [5.41, 5.74) is 0.911. The fourth-order valence-electron chi connectivity index (χ4n) is 2.22. The topological polar surface area (TPSA) is 18.5 Å². The van der Waals surface area contributed by atoms with Gasteiger partial charge in [-0.3, -0.25) is 0 Å². The molecule has 18 heavy (non-hydrogen) atoms. The quantitative estimate of drug-likeness (QED) is 0.712. The Balaban J connectivity index is 2.19. The van der Waals surface area contributed by atoms with Gasteiger partial charge in [0, 0.05) is 17.2 Å². The van der Waals surface area contributed by atoms with E-state index < -0.39 is 0 Å². The molecule has 1 heterocycles. The van der Waals surface area contributed by atoms with Gasteiger partial charge in [0.1, 0.15) is 5.75 Å². The molecule has 0 aromatic heterocycles. The number of hydrogen-bond donors (Lipinski definition) is 0. The third-order valence-corrected chi connectivity index (χ3v) is 4.29. The van der Waals surface area contributed by atoms with E-state index >= 15 is 0 Å². The third kappa shape index (κ3) is 3.32. The summed E-state index contributed by atoms with van der Waals surface area (Å²) in [6, 6.07) is 3.66. The van der Waals surface area contributed by atoms with Gasteiger partial charge in [-0.1, -0.05) is 11.6 Å². The highest BCUT2D eigenvalue weighted by Gasteiger charge is 2.23. The number of methoxy groups -OCH3 is 1. The van der Waals surface area contributed by atoms with Crippen LogP contribution in [0.3, 0.4) is 0 Å². The molecule has 2 unspecified atom stereocenters. The minimum absolute atomic E-state index is 0.155. The van der Waals surface area contributed by atoms with Crippen LogP contribution in [0.15, 0.2) is 16.6 Å². The minimum atomic E-state index is -0.155. The Morgan fingerprint density at radius 1 is 1.56 bits per heavy atom. The number of hydrogen-bond acceptors (Lipinski definition) is 2. The summed E-state index contributed by atoms with van der Waals surface area (Å²) in [7, 11) is 1.63. The van der Waals surface area contributed by atoms with Gasteiger partial charge in [0.2, 0.25) is 0 Å². The molecule has 2 nitrogen and oxygen atoms in total. The summed E-state index contributed by atoms with van der Waals surface area (Å²) in [6.45, 7) is 0.838. The van der Waals surface area contributed by atoms with Crippen LogP contribution in [0.4, 0.5) is 0 Å². The number of rotatable bonds is 4. The van der Waals surface area contributed by atoms with Crippen LogP contribution >= 0.6 is 39.1 Å². The molecule has 0 radical (unpaired) electrons. The summed E-state index contributed by atoms with van der Waals surface area (Å²) in [4.78, 5) is 0. The van der Waals surface area contributed by atoms with Crippen molar-refractivity contribution in [3.63, 3.8) is 0 Å². The van der Waals surface area contributed by atoms with Crippen molar-refractivity contribution in [1.29, 1.82) is 0 Å². The Bertz CT molecular complexity index is 420. The first kappa shape index (κ1) is 14.4. The fourth-order valence-corrected chi connectivity index (χ4v) is 3.57. The van der Waals surface area contributed by atoms with E-state index in [4.69, 9.17) is 32.7 Å². The Morgan fingerprint density at radius 2 is 2.33 bits per heavy atom. The maximum Gasteiger partial charge on any atom is 0.137 e. The van der Waals surface area contributed by atoms with Crippen LogP contribution in [0.1, 0.15) is 30.2 Å². The number of ether oxygens (including phenoxy) is 2. The molecule has 1 aromatic carbocycles. The lowest BCUT2D eigenvalue weighted by Crippen LogP contribution is -2.09. The lowest BCUT2D eigenvalue weighted by Gasteiger charge is -2.18. The summed E-state index contributed by atoms with van der Waals surface area (Å²) < 4.78 is 11.8. The smallest absolute Gasteiger partial charge is 0.137 e. The summed E-state index contributed by atoms with van der Waals surface area (Å²) in [5, 5.41) is 0.494. The lowest BCUT2D eigenvalue weighted by atomic mass is 10.0. The van der Waals surface area contributed by atoms with Gasteiger partial charge in [-0.25, -0.2) is 0 Å². The Morgan fingerprint density at radius 3 is 2.94 bits per heavy atom. The molecule has 2 atom stereocenters. The molecule has 0 amide bonds. The van der Waals surface area contributed by atoms with E-state index in [0.29, 0.717) is 5.02 Å². The second-order valence-electron chi connectivity index (χ2n) is 4.35. The average Bonchev–Trinajstić information content (AvgIpc) is 2.80. The molecule has 1 aliphatic heterocycles. The van der Waals surface area contributed by atoms with Gasteiger partial charge in [-0.15, -0.1) is 11.6 Å². The predicted molar refractivity (Wildman–Crippen MR) is 77.9 cm³/mol. The van der Waals surface area contributed by atoms with Crippen LogP contribution < -0.4 is 4.74 Å². The Hall–Kier alpha value is 0.0400. The molecule has 1 saturated heterocycles. The molecule has 1 aliphatic rings. The van der Waals surface area contributed by atoms with Gasteiger partial charge in [0.25, 0.3) is 0 Å². The van der Waals surface area contributed by atoms with Crippen LogP contribution in [0.5, 0.6) is 5.75 Å². The van der Waals surface area contributed by atoms with Crippen LogP contribution in [0.2, 0.25) is 5.02 Å². The fraction of sp³-hybridized carbons (Fsp3) is 0.538. The summed E-state index contributed by atoms with van der Waals surface area (Å²) in [6.07, 6.45) is 3.22. The molecule has 0 aliphatic carbocycles. The summed E-state index contributed by atoms with van der Waals surface area (Å²) >= 11 is 16.0. The largest absolute Gasteiger partial charge is 0.495 e. The molecule has 0 N–H and O–H groups in total. The van der Waals surface area contributed by atoms with Crippen molar-refractivity contribution < 1.29 is 9.47 Å². The zero-order chi connectivity index (χ0) is 13.1. The van der Waals surface area contributed by atoms with Crippen molar-refractivity contribution >= 4 is 39.1 Å². The van der Waals surface area contributed by atoms with E-state index in [0.717, 1.165) is 41.7 Å². The highest BCUT2D eigenvalue weighted by molar-refractivity contribution is 9.10. The van der Waals surface area contributed by atoms with E-state index in [1.807, 2.05) is 6.07 Å². The molecule has 0 spiro atoms. The lowest BCUT2D eigenvalue weighted by molar-refractivity contribution is 0.103. The maximum absolute atomic E-state index is 6.47. The van der Waals surface area contributed by atoms with E-state index in [2.05, 4.69) is 15.9 Å². The van der Waals surface area contributed by atoms with Crippen molar-refractivity contribution in [2.45, 2.75) is 30.7 Å². The second-order valence-corrected chi connectivity index (χ2v) is 6.17. The minimum Gasteiger partial charge on any atom is -0.495 e. The van der Waals surface area contributed by atoms with Crippen LogP contribution in [0.25, 0.3) is 0 Å². The van der Waals surface area contributed by atoms with Gasteiger partial charge in [-0.05, 0) is 47.3 Å². The summed E-state index contributed by atoms with van der Waals surface area (Å²) in [5.74, 6) is 0.748. The number of halogens is 3. The highest BCUT2D eigenvalue weighted by atomic mass is 79.9. The Kier molecular flexibility index (Phi) is 5.19. The van der Waals surface area contributed by atoms with Crippen LogP contribution in [-0.4, -0.2) is 19.8 Å². The maximum atomic E-state index is 6.47. The van der Waals surface area contributed by atoms with Gasteiger partial charge in [0.05, 0.1) is 23.1 Å². The highest BCUT2D eigenvalue weighted by Crippen LogP contribution is 2.41. The van der Waals surface area contributed by atoms with Crippen molar-refractivity contribution in [1.82, 2.24) is 0 Å². The van der Waals surface area contributed by atoms with Gasteiger partial charge in [0.15, 0.2) is 0 Å². The first-order valence-corrected chi connectivity index (χ1v) is 7.51. The first-order valence-electron chi connectivity index (χ1n) is 5.90. The average molecular weight is 354 g/mol. The van der Waals surface area contributed by atoms with Crippen molar-refractivity contribution in [3.8, 4) is 5.75 Å². The Labute approximate surface area is 126 Å². The van der Waals surface area contributed by atoms with Crippen LogP contribution in [0, 0.1) is 0 Å². The van der Waals surface area contributed by atoms with E-state index in [1.165, 1.54) is 0 Å². The van der Waals surface area contributed by atoms with Crippen molar-refractivity contribution in [2.75, 3.05) is 13.7 Å². The first-order chi connectivity index (χ1) is 8.61. The van der Waals surface area contributed by atoms with Crippen LogP contribution in [-0.2, 0) is 4.74 Å². The van der Waals surface area contributed by atoms with E-state index in [9.17, 15) is 0 Å². The monoisotopic (exact) mass is 352 g/mol. The number of benzene rings is 1. The molecule has 2 rings (SSSR count). The van der Waals surface area contributed by atoms with Gasteiger partial charge >= 0.3 is 0 Å². The molecule has 1 aromatic rings. The van der Waals surface area contributed by atoms with Crippen molar-refractivity contribution in [3.05, 3.63) is 27.2 Å². The second kappa shape index (κ2) is 6.47. The normalized spacial score (nSPS) is 21.0. The third-order valence-electron chi connectivity index (χ3n) is 3.07. The standard InChI is InChI=1S/C13H15BrCl2O2/c1-17-13-10(5-8(15)6-11(13)14)12(16)7-9-3-2-4-18-9/h5-6,9,12H,2-4,7H2,1H3. The molecule has 100 valence electrons. The molecule has 1 fully saturated rings. The van der Waals surface area contributed by atoms with Gasteiger partial charge in [-0.2, -0.15) is 0 Å². The number of alkyl halides is 1.